The fourth-order valence-electron chi connectivity index (χ4n) is 4.02. The molecule has 0 unspecified atom stereocenters. The molecule has 0 atom stereocenters. The molecular weight excluding hydrogens is 400 g/mol. The van der Waals surface area contributed by atoms with Gasteiger partial charge in [-0.3, -0.25) is 9.59 Å². The van der Waals surface area contributed by atoms with Crippen molar-refractivity contribution in [2.75, 3.05) is 25.5 Å². The Morgan fingerprint density at radius 1 is 1.00 bits per heavy atom. The van der Waals surface area contributed by atoms with E-state index in [0.717, 1.165) is 37.1 Å². The monoisotopic (exact) mass is 428 g/mol. The summed E-state index contributed by atoms with van der Waals surface area (Å²) in [5.41, 5.74) is 2.50. The number of benzene rings is 2. The summed E-state index contributed by atoms with van der Waals surface area (Å²) in [4.78, 5) is 36.8. The van der Waals surface area contributed by atoms with E-state index in [1.165, 1.54) is 6.92 Å². The molecule has 0 aliphatic carbocycles. The van der Waals surface area contributed by atoms with Gasteiger partial charge in [-0.15, -0.1) is 0 Å². The van der Waals surface area contributed by atoms with Gasteiger partial charge in [0.2, 0.25) is 0 Å². The van der Waals surface area contributed by atoms with E-state index in [9.17, 15) is 9.59 Å². The van der Waals surface area contributed by atoms with Gasteiger partial charge in [-0.2, -0.15) is 0 Å². The van der Waals surface area contributed by atoms with E-state index in [4.69, 9.17) is 4.98 Å². The Hall–Kier alpha value is -3.38. The average Bonchev–Trinajstić information content (AvgIpc) is 2.81. The number of carbonyl (C=O) groups is 2. The van der Waals surface area contributed by atoms with Crippen molar-refractivity contribution in [2.24, 2.45) is 0 Å². The van der Waals surface area contributed by atoms with Gasteiger partial charge in [0, 0.05) is 29.7 Å². The molecule has 32 heavy (non-hydrogen) atoms. The van der Waals surface area contributed by atoms with E-state index in [2.05, 4.69) is 22.2 Å². The Kier molecular flexibility index (Phi) is 6.71. The first-order valence-corrected chi connectivity index (χ1v) is 11.0. The maximum Gasteiger partial charge on any atom is 0.185 e. The third-order valence-electron chi connectivity index (χ3n) is 5.86. The molecule has 3 aromatic rings. The smallest absolute Gasteiger partial charge is 0.185 e. The summed E-state index contributed by atoms with van der Waals surface area (Å²) in [5.74, 6) is 0.999. The lowest BCUT2D eigenvalue weighted by Crippen LogP contribution is -2.37. The first-order valence-electron chi connectivity index (χ1n) is 11.0. The zero-order chi connectivity index (χ0) is 22.5. The largest absolute Gasteiger partial charge is 0.367 e. The molecule has 1 N–H and O–H groups in total. The van der Waals surface area contributed by atoms with Gasteiger partial charge in [-0.1, -0.05) is 54.6 Å². The van der Waals surface area contributed by atoms with Crippen molar-refractivity contribution >= 4 is 17.4 Å². The van der Waals surface area contributed by atoms with Crippen molar-refractivity contribution in [3.63, 3.8) is 0 Å². The summed E-state index contributed by atoms with van der Waals surface area (Å²) in [6.07, 6.45) is 2.17. The average molecular weight is 429 g/mol. The van der Waals surface area contributed by atoms with Crippen LogP contribution in [0.1, 0.15) is 46.2 Å². The number of anilines is 1. The Bertz CT molecular complexity index is 1110. The third kappa shape index (κ3) is 5.26. The highest BCUT2D eigenvalue weighted by atomic mass is 16.1. The number of nitrogens with one attached hydrogen (secondary N) is 1. The maximum atomic E-state index is 13.2. The molecular formula is C26H28N4O2. The summed E-state index contributed by atoms with van der Waals surface area (Å²) in [6.45, 7) is 3.58. The van der Waals surface area contributed by atoms with Crippen LogP contribution in [0.15, 0.2) is 60.7 Å². The molecule has 1 aliphatic heterocycles. The highest BCUT2D eigenvalue weighted by Gasteiger charge is 2.20. The SMILES string of the molecule is CC(=O)c1ccccc1CC(=O)c1cc(NC2CCN(C)CC2)nc(-c2ccccc2)n1. The number of rotatable bonds is 7. The van der Waals surface area contributed by atoms with Crippen molar-refractivity contribution in [1.82, 2.24) is 14.9 Å². The van der Waals surface area contributed by atoms with E-state index in [0.29, 0.717) is 28.9 Å². The molecule has 164 valence electrons. The summed E-state index contributed by atoms with van der Waals surface area (Å²) >= 11 is 0. The van der Waals surface area contributed by atoms with E-state index < -0.39 is 0 Å². The number of aromatic nitrogens is 2. The van der Waals surface area contributed by atoms with E-state index in [1.807, 2.05) is 48.5 Å². The lowest BCUT2D eigenvalue weighted by atomic mass is 9.98. The normalized spacial score (nSPS) is 14.8. The second kappa shape index (κ2) is 9.83. The topological polar surface area (TPSA) is 75.2 Å². The molecule has 2 aromatic carbocycles. The molecule has 1 fully saturated rings. The van der Waals surface area contributed by atoms with Gasteiger partial charge >= 0.3 is 0 Å². The fourth-order valence-corrected chi connectivity index (χ4v) is 4.02. The lowest BCUT2D eigenvalue weighted by Gasteiger charge is -2.29. The molecule has 0 bridgehead atoms. The maximum absolute atomic E-state index is 13.2. The minimum atomic E-state index is -0.135. The van der Waals surface area contributed by atoms with Crippen molar-refractivity contribution in [1.29, 1.82) is 0 Å². The van der Waals surface area contributed by atoms with Gasteiger partial charge in [0.25, 0.3) is 0 Å². The van der Waals surface area contributed by atoms with E-state index >= 15 is 0 Å². The van der Waals surface area contributed by atoms with Crippen molar-refractivity contribution in [3.8, 4) is 11.4 Å². The van der Waals surface area contributed by atoms with Crippen LogP contribution in [0.2, 0.25) is 0 Å². The minimum Gasteiger partial charge on any atom is -0.367 e. The van der Waals surface area contributed by atoms with Gasteiger partial charge in [0.1, 0.15) is 11.5 Å². The van der Waals surface area contributed by atoms with Gasteiger partial charge < -0.3 is 10.2 Å². The van der Waals surface area contributed by atoms with Gasteiger partial charge in [0.15, 0.2) is 17.4 Å². The fraction of sp³-hybridized carbons (Fsp3) is 0.308. The van der Waals surface area contributed by atoms with Crippen LogP contribution in [0.5, 0.6) is 0 Å². The summed E-state index contributed by atoms with van der Waals surface area (Å²) < 4.78 is 0. The predicted molar refractivity (Wildman–Crippen MR) is 126 cm³/mol. The zero-order valence-electron chi connectivity index (χ0n) is 18.5. The molecule has 0 spiro atoms. The Balaban J connectivity index is 1.64. The van der Waals surface area contributed by atoms with Crippen LogP contribution in [0.4, 0.5) is 5.82 Å². The van der Waals surface area contributed by atoms with Gasteiger partial charge in [-0.05, 0) is 45.5 Å². The molecule has 6 nitrogen and oxygen atoms in total. The third-order valence-corrected chi connectivity index (χ3v) is 5.86. The standard InChI is InChI=1S/C26H28N4O2/c1-18(31)22-11-7-6-10-20(22)16-24(32)23-17-25(27-21-12-14-30(2)15-13-21)29-26(28-23)19-8-4-3-5-9-19/h3-11,17,21H,12-16H2,1-2H3,(H,27,28,29). The van der Waals surface area contributed by atoms with Crippen LogP contribution in [0, 0.1) is 0 Å². The quantitative estimate of drug-likeness (QED) is 0.566. The zero-order valence-corrected chi connectivity index (χ0v) is 18.5. The molecule has 0 saturated carbocycles. The van der Waals surface area contributed by atoms with E-state index in [-0.39, 0.29) is 18.0 Å². The highest BCUT2D eigenvalue weighted by molar-refractivity contribution is 6.00. The predicted octanol–water partition coefficient (Wildman–Crippen LogP) is 4.28. The van der Waals surface area contributed by atoms with Gasteiger partial charge in [0.05, 0.1) is 0 Å². The Morgan fingerprint density at radius 3 is 2.41 bits per heavy atom. The number of Topliss-reactive ketones (excluding diaryl/α,β-unsaturated/α-hetero) is 2. The number of carbonyl (C=O) groups excluding carboxylic acids is 2. The van der Waals surface area contributed by atoms with Crippen molar-refractivity contribution in [3.05, 3.63) is 77.5 Å². The number of ketones is 2. The Morgan fingerprint density at radius 2 is 1.69 bits per heavy atom. The van der Waals surface area contributed by atoms with Crippen LogP contribution in [0.25, 0.3) is 11.4 Å². The molecule has 6 heteroatoms. The van der Waals surface area contributed by atoms with Crippen LogP contribution in [-0.2, 0) is 6.42 Å². The first kappa shape index (κ1) is 21.8. The molecule has 2 heterocycles. The van der Waals surface area contributed by atoms with E-state index in [1.54, 1.807) is 12.1 Å². The molecule has 0 amide bonds. The van der Waals surface area contributed by atoms with Crippen molar-refractivity contribution in [2.45, 2.75) is 32.2 Å². The van der Waals surface area contributed by atoms with Gasteiger partial charge in [-0.25, -0.2) is 9.97 Å². The van der Waals surface area contributed by atoms with Crippen molar-refractivity contribution < 1.29 is 9.59 Å². The summed E-state index contributed by atoms with van der Waals surface area (Å²) in [6, 6.07) is 19.0. The number of hydrogen-bond acceptors (Lipinski definition) is 6. The number of hydrogen-bond donors (Lipinski definition) is 1. The Labute approximate surface area is 188 Å². The molecule has 0 radical (unpaired) electrons. The number of piperidine rings is 1. The number of likely N-dealkylation sites (tertiary alicyclic amines) is 1. The first-order chi connectivity index (χ1) is 15.5. The number of nitrogens with zero attached hydrogens (tertiary/aromatic N) is 3. The van der Waals surface area contributed by atoms with Crippen LogP contribution >= 0.6 is 0 Å². The van der Waals surface area contributed by atoms with Crippen LogP contribution in [0.3, 0.4) is 0 Å². The molecule has 1 aromatic heterocycles. The van der Waals surface area contributed by atoms with Crippen LogP contribution < -0.4 is 5.32 Å². The molecule has 1 saturated heterocycles. The minimum absolute atomic E-state index is 0.0503. The molecule has 4 rings (SSSR count). The second-order valence-electron chi connectivity index (χ2n) is 8.36. The highest BCUT2D eigenvalue weighted by Crippen LogP contribution is 2.22. The summed E-state index contributed by atoms with van der Waals surface area (Å²) in [5, 5.41) is 3.52. The second-order valence-corrected chi connectivity index (χ2v) is 8.36. The van der Waals surface area contributed by atoms with Crippen LogP contribution in [-0.4, -0.2) is 52.6 Å². The summed E-state index contributed by atoms with van der Waals surface area (Å²) in [7, 11) is 2.13. The molecule has 1 aliphatic rings. The lowest BCUT2D eigenvalue weighted by molar-refractivity contribution is 0.0987.